The molecule has 1 unspecified atom stereocenters. The number of sulfone groups is 1. The maximum absolute atomic E-state index is 11.5. The summed E-state index contributed by atoms with van der Waals surface area (Å²) >= 11 is 1.67. The molecule has 2 rings (SSSR count). The van der Waals surface area contributed by atoms with Crippen LogP contribution in [0.4, 0.5) is 0 Å². The molecule has 1 aromatic heterocycles. The van der Waals surface area contributed by atoms with Crippen LogP contribution in [0.5, 0.6) is 0 Å². The molecule has 1 aliphatic rings. The van der Waals surface area contributed by atoms with Crippen LogP contribution in [0.25, 0.3) is 0 Å². The smallest absolute Gasteiger partial charge is 0.150 e. The SMILES string of the molecule is NCCc1cnc(CC2CCCS(=O)(=O)C2)s1. The fraction of sp³-hybridized carbons (Fsp3) is 0.727. The first-order chi connectivity index (χ1) is 8.09. The highest BCUT2D eigenvalue weighted by Gasteiger charge is 2.25. The fourth-order valence-corrected chi connectivity index (χ4v) is 5.05. The molecule has 96 valence electrons. The molecule has 1 aromatic rings. The number of hydrogen-bond donors (Lipinski definition) is 1. The van der Waals surface area contributed by atoms with Gasteiger partial charge in [-0.25, -0.2) is 13.4 Å². The van der Waals surface area contributed by atoms with Gasteiger partial charge in [-0.3, -0.25) is 0 Å². The largest absolute Gasteiger partial charge is 0.330 e. The second-order valence-corrected chi connectivity index (χ2v) is 8.01. The number of thiazole rings is 1. The lowest BCUT2D eigenvalue weighted by molar-refractivity contribution is 0.483. The summed E-state index contributed by atoms with van der Waals surface area (Å²) in [6, 6.07) is 0. The van der Waals surface area contributed by atoms with Crippen molar-refractivity contribution in [3.8, 4) is 0 Å². The molecule has 17 heavy (non-hydrogen) atoms. The van der Waals surface area contributed by atoms with Gasteiger partial charge in [0, 0.05) is 17.5 Å². The third-order valence-electron chi connectivity index (χ3n) is 3.01. The molecule has 0 amide bonds. The van der Waals surface area contributed by atoms with E-state index in [1.165, 1.54) is 4.88 Å². The summed E-state index contributed by atoms with van der Waals surface area (Å²) in [5, 5.41) is 1.05. The molecular formula is C11H18N2O2S2. The monoisotopic (exact) mass is 274 g/mol. The van der Waals surface area contributed by atoms with Crippen LogP contribution in [0.15, 0.2) is 6.20 Å². The summed E-state index contributed by atoms with van der Waals surface area (Å²) in [6.07, 6.45) is 5.33. The molecule has 1 aliphatic heterocycles. The van der Waals surface area contributed by atoms with E-state index in [-0.39, 0.29) is 5.92 Å². The molecule has 1 saturated heterocycles. The summed E-state index contributed by atoms with van der Waals surface area (Å²) in [5.74, 6) is 0.948. The van der Waals surface area contributed by atoms with Gasteiger partial charge in [-0.15, -0.1) is 11.3 Å². The zero-order chi connectivity index (χ0) is 12.3. The second-order valence-electron chi connectivity index (χ2n) is 4.59. The van der Waals surface area contributed by atoms with Gasteiger partial charge in [-0.2, -0.15) is 0 Å². The third-order valence-corrected chi connectivity index (χ3v) is 5.98. The summed E-state index contributed by atoms with van der Waals surface area (Å²) in [7, 11) is -2.80. The van der Waals surface area contributed by atoms with Crippen molar-refractivity contribution in [3.05, 3.63) is 16.1 Å². The van der Waals surface area contributed by atoms with Gasteiger partial charge in [0.15, 0.2) is 9.84 Å². The minimum Gasteiger partial charge on any atom is -0.330 e. The van der Waals surface area contributed by atoms with Gasteiger partial charge in [0.2, 0.25) is 0 Å². The Kier molecular flexibility index (Phi) is 4.17. The van der Waals surface area contributed by atoms with Gasteiger partial charge in [0.1, 0.15) is 0 Å². The predicted octanol–water partition coefficient (Wildman–Crippen LogP) is 1.01. The highest BCUT2D eigenvalue weighted by atomic mass is 32.2. The first-order valence-corrected chi connectivity index (χ1v) is 8.57. The molecule has 0 spiro atoms. The molecule has 1 atom stereocenters. The van der Waals surface area contributed by atoms with Crippen LogP contribution in [0.3, 0.4) is 0 Å². The summed E-state index contributed by atoms with van der Waals surface area (Å²) in [4.78, 5) is 5.54. The quantitative estimate of drug-likeness (QED) is 0.889. The Bertz CT molecular complexity index is 468. The Hall–Kier alpha value is -0.460. The second kappa shape index (κ2) is 5.46. The molecule has 0 saturated carbocycles. The van der Waals surface area contributed by atoms with Gasteiger partial charge < -0.3 is 5.73 Å². The highest BCUT2D eigenvalue weighted by molar-refractivity contribution is 7.91. The normalized spacial score (nSPS) is 23.7. The maximum atomic E-state index is 11.5. The summed E-state index contributed by atoms with van der Waals surface area (Å²) < 4.78 is 23.1. The number of nitrogens with two attached hydrogens (primary N) is 1. The van der Waals surface area contributed by atoms with E-state index in [0.29, 0.717) is 18.1 Å². The molecule has 0 radical (unpaired) electrons. The van der Waals surface area contributed by atoms with E-state index in [2.05, 4.69) is 4.98 Å². The molecule has 4 nitrogen and oxygen atoms in total. The van der Waals surface area contributed by atoms with Crippen LogP contribution in [-0.2, 0) is 22.7 Å². The van der Waals surface area contributed by atoms with E-state index in [1.54, 1.807) is 11.3 Å². The molecule has 0 bridgehead atoms. The van der Waals surface area contributed by atoms with Crippen LogP contribution in [0.2, 0.25) is 0 Å². The standard InChI is InChI=1S/C11H18N2O2S2/c12-4-3-10-7-13-11(16-10)6-9-2-1-5-17(14,15)8-9/h7,9H,1-6,8,12H2. The summed E-state index contributed by atoms with van der Waals surface area (Å²) in [5.41, 5.74) is 5.49. The van der Waals surface area contributed by atoms with Crippen molar-refractivity contribution < 1.29 is 8.42 Å². The van der Waals surface area contributed by atoms with Crippen molar-refractivity contribution >= 4 is 21.2 Å². The number of rotatable bonds is 4. The zero-order valence-corrected chi connectivity index (χ0v) is 11.4. The zero-order valence-electron chi connectivity index (χ0n) is 9.76. The van der Waals surface area contributed by atoms with Crippen LogP contribution in [-0.4, -0.2) is 31.5 Å². The fourth-order valence-electron chi connectivity index (χ4n) is 2.23. The molecule has 0 aliphatic carbocycles. The minimum absolute atomic E-state index is 0.255. The Morgan fingerprint density at radius 3 is 3.06 bits per heavy atom. The van der Waals surface area contributed by atoms with E-state index >= 15 is 0 Å². The van der Waals surface area contributed by atoms with Crippen molar-refractivity contribution in [2.45, 2.75) is 25.7 Å². The van der Waals surface area contributed by atoms with Crippen LogP contribution in [0, 0.1) is 5.92 Å². The van der Waals surface area contributed by atoms with Gasteiger partial charge in [-0.1, -0.05) is 0 Å². The Morgan fingerprint density at radius 1 is 1.53 bits per heavy atom. The Morgan fingerprint density at radius 2 is 2.35 bits per heavy atom. The third kappa shape index (κ3) is 3.76. The Labute approximate surface area is 106 Å². The van der Waals surface area contributed by atoms with Crippen molar-refractivity contribution in [3.63, 3.8) is 0 Å². The first kappa shape index (κ1) is 13.0. The van der Waals surface area contributed by atoms with E-state index in [0.717, 1.165) is 30.7 Å². The molecule has 2 N–H and O–H groups in total. The predicted molar refractivity (Wildman–Crippen MR) is 70.0 cm³/mol. The van der Waals surface area contributed by atoms with Crippen molar-refractivity contribution in [1.29, 1.82) is 0 Å². The number of aromatic nitrogens is 1. The maximum Gasteiger partial charge on any atom is 0.150 e. The number of nitrogens with zero attached hydrogens (tertiary/aromatic N) is 1. The van der Waals surface area contributed by atoms with E-state index < -0.39 is 9.84 Å². The van der Waals surface area contributed by atoms with Crippen molar-refractivity contribution in [2.75, 3.05) is 18.1 Å². The van der Waals surface area contributed by atoms with Gasteiger partial charge in [0.05, 0.1) is 16.5 Å². The van der Waals surface area contributed by atoms with Crippen LogP contribution < -0.4 is 5.73 Å². The molecule has 0 aromatic carbocycles. The van der Waals surface area contributed by atoms with Gasteiger partial charge in [-0.05, 0) is 31.7 Å². The van der Waals surface area contributed by atoms with E-state index in [9.17, 15) is 8.42 Å². The lowest BCUT2D eigenvalue weighted by atomic mass is 10.0. The Balaban J connectivity index is 1.95. The summed E-state index contributed by atoms with van der Waals surface area (Å²) in [6.45, 7) is 0.638. The van der Waals surface area contributed by atoms with Crippen molar-refractivity contribution in [1.82, 2.24) is 4.98 Å². The van der Waals surface area contributed by atoms with Crippen molar-refractivity contribution in [2.24, 2.45) is 11.7 Å². The molecular weight excluding hydrogens is 256 g/mol. The average molecular weight is 274 g/mol. The minimum atomic E-state index is -2.80. The lowest BCUT2D eigenvalue weighted by Crippen LogP contribution is -2.26. The highest BCUT2D eigenvalue weighted by Crippen LogP contribution is 2.24. The van der Waals surface area contributed by atoms with E-state index in [1.807, 2.05) is 6.20 Å². The average Bonchev–Trinajstić information content (AvgIpc) is 2.64. The number of hydrogen-bond acceptors (Lipinski definition) is 5. The molecule has 1 fully saturated rings. The van der Waals surface area contributed by atoms with Crippen LogP contribution in [0.1, 0.15) is 22.7 Å². The topological polar surface area (TPSA) is 73.0 Å². The van der Waals surface area contributed by atoms with Gasteiger partial charge in [0.25, 0.3) is 0 Å². The molecule has 6 heteroatoms. The first-order valence-electron chi connectivity index (χ1n) is 5.93. The lowest BCUT2D eigenvalue weighted by Gasteiger charge is -2.20. The molecule has 2 heterocycles. The van der Waals surface area contributed by atoms with Gasteiger partial charge >= 0.3 is 0 Å². The van der Waals surface area contributed by atoms with E-state index in [4.69, 9.17) is 5.73 Å². The van der Waals surface area contributed by atoms with Crippen LogP contribution >= 0.6 is 11.3 Å².